The highest BCUT2D eigenvalue weighted by molar-refractivity contribution is 9.10. The number of amides is 1. The Morgan fingerprint density at radius 1 is 1.08 bits per heavy atom. The van der Waals surface area contributed by atoms with Gasteiger partial charge in [0.25, 0.3) is 5.91 Å². The van der Waals surface area contributed by atoms with E-state index in [2.05, 4.69) is 15.9 Å². The average Bonchev–Trinajstić information content (AvgIpc) is 3.17. The van der Waals surface area contributed by atoms with E-state index in [0.717, 1.165) is 11.3 Å². The summed E-state index contributed by atoms with van der Waals surface area (Å²) in [5.41, 5.74) is 2.24. The molecular weight excluding hydrogens is 559 g/mol. The van der Waals surface area contributed by atoms with Gasteiger partial charge in [-0.3, -0.25) is 9.69 Å². The van der Waals surface area contributed by atoms with E-state index in [1.807, 2.05) is 42.5 Å². The standard InChI is InChI=1S/C28H26BrFN2O4S/c1-34-13-7-12-32-27(33)25(37-28(32)31-22-10-4-3-5-11-22)17-20-15-23(29)26(24(16-20)35-2)36-18-19-8-6-9-21(30)14-19/h3-6,8-11,14-17H,7,12-13,18H2,1-2H3/b25-17-,31-28?. The number of methoxy groups -OCH3 is 2. The summed E-state index contributed by atoms with van der Waals surface area (Å²) in [6.07, 6.45) is 2.51. The van der Waals surface area contributed by atoms with Crippen molar-refractivity contribution in [1.29, 1.82) is 0 Å². The Balaban J connectivity index is 1.59. The van der Waals surface area contributed by atoms with Gasteiger partial charge in [0.15, 0.2) is 16.7 Å². The van der Waals surface area contributed by atoms with Crippen LogP contribution < -0.4 is 9.47 Å². The molecule has 0 aliphatic carbocycles. The first-order valence-electron chi connectivity index (χ1n) is 11.6. The number of halogens is 2. The van der Waals surface area contributed by atoms with Crippen LogP contribution in [-0.2, 0) is 16.1 Å². The summed E-state index contributed by atoms with van der Waals surface area (Å²) in [5.74, 6) is 0.548. The van der Waals surface area contributed by atoms with Gasteiger partial charge >= 0.3 is 0 Å². The van der Waals surface area contributed by atoms with E-state index < -0.39 is 0 Å². The molecule has 3 aromatic carbocycles. The minimum absolute atomic E-state index is 0.114. The number of rotatable bonds is 10. The molecule has 37 heavy (non-hydrogen) atoms. The molecule has 0 atom stereocenters. The third kappa shape index (κ3) is 7.00. The second-order valence-electron chi connectivity index (χ2n) is 8.10. The lowest BCUT2D eigenvalue weighted by Gasteiger charge is -2.15. The molecule has 9 heteroatoms. The minimum atomic E-state index is -0.320. The molecule has 1 saturated heterocycles. The van der Waals surface area contributed by atoms with Crippen molar-refractivity contribution < 1.29 is 23.4 Å². The molecule has 0 saturated carbocycles. The van der Waals surface area contributed by atoms with Gasteiger partial charge in [-0.25, -0.2) is 9.38 Å². The maximum Gasteiger partial charge on any atom is 0.266 e. The van der Waals surface area contributed by atoms with Crippen molar-refractivity contribution in [2.75, 3.05) is 27.4 Å². The molecule has 0 aromatic heterocycles. The van der Waals surface area contributed by atoms with Crippen molar-refractivity contribution in [1.82, 2.24) is 4.90 Å². The third-order valence-corrected chi connectivity index (χ3v) is 7.02. The topological polar surface area (TPSA) is 60.4 Å². The van der Waals surface area contributed by atoms with Crippen molar-refractivity contribution in [2.45, 2.75) is 13.0 Å². The maximum atomic E-state index is 13.5. The number of benzene rings is 3. The zero-order chi connectivity index (χ0) is 26.2. The quantitative estimate of drug-likeness (QED) is 0.193. The Labute approximate surface area is 228 Å². The Hall–Kier alpha value is -3.14. The van der Waals surface area contributed by atoms with Gasteiger partial charge in [-0.05, 0) is 87.7 Å². The highest BCUT2D eigenvalue weighted by Gasteiger charge is 2.33. The summed E-state index contributed by atoms with van der Waals surface area (Å²) < 4.78 is 30.8. The van der Waals surface area contributed by atoms with Gasteiger partial charge in [-0.1, -0.05) is 30.3 Å². The predicted octanol–water partition coefficient (Wildman–Crippen LogP) is 6.82. The van der Waals surface area contributed by atoms with Gasteiger partial charge in [-0.15, -0.1) is 0 Å². The molecule has 0 spiro atoms. The Kier molecular flexibility index (Phi) is 9.38. The van der Waals surface area contributed by atoms with E-state index in [9.17, 15) is 9.18 Å². The molecule has 1 aliphatic heterocycles. The Morgan fingerprint density at radius 3 is 2.62 bits per heavy atom. The van der Waals surface area contributed by atoms with E-state index >= 15 is 0 Å². The molecule has 192 valence electrons. The highest BCUT2D eigenvalue weighted by atomic mass is 79.9. The second-order valence-corrected chi connectivity index (χ2v) is 9.96. The Bertz CT molecular complexity index is 1320. The van der Waals surface area contributed by atoms with E-state index in [0.29, 0.717) is 51.2 Å². The number of hydrogen-bond acceptors (Lipinski definition) is 6. The number of aliphatic imine (C=N–C) groups is 1. The van der Waals surface area contributed by atoms with Crippen LogP contribution in [0.3, 0.4) is 0 Å². The van der Waals surface area contributed by atoms with Gasteiger partial charge in [0.1, 0.15) is 12.4 Å². The normalized spacial score (nSPS) is 15.6. The number of carbonyl (C=O) groups is 1. The van der Waals surface area contributed by atoms with Crippen LogP contribution in [0.1, 0.15) is 17.5 Å². The van der Waals surface area contributed by atoms with Crippen LogP contribution in [0.5, 0.6) is 11.5 Å². The van der Waals surface area contributed by atoms with Gasteiger partial charge in [0.05, 0.1) is 22.2 Å². The van der Waals surface area contributed by atoms with Gasteiger partial charge in [-0.2, -0.15) is 0 Å². The van der Waals surface area contributed by atoms with Crippen LogP contribution >= 0.6 is 27.7 Å². The molecule has 0 radical (unpaired) electrons. The molecule has 0 N–H and O–H groups in total. The summed E-state index contributed by atoms with van der Waals surface area (Å²) in [7, 11) is 3.19. The maximum absolute atomic E-state index is 13.5. The molecule has 0 bridgehead atoms. The van der Waals surface area contributed by atoms with Gasteiger partial charge in [0, 0.05) is 20.3 Å². The lowest BCUT2D eigenvalue weighted by molar-refractivity contribution is -0.122. The number of nitrogens with zero attached hydrogens (tertiary/aromatic N) is 2. The number of carbonyl (C=O) groups excluding carboxylic acids is 1. The number of hydrogen-bond donors (Lipinski definition) is 0. The Morgan fingerprint density at radius 2 is 1.89 bits per heavy atom. The molecule has 0 unspecified atom stereocenters. The first kappa shape index (κ1) is 26.9. The molecule has 6 nitrogen and oxygen atoms in total. The fourth-order valence-electron chi connectivity index (χ4n) is 3.67. The first-order chi connectivity index (χ1) is 18.0. The number of amidine groups is 1. The lowest BCUT2D eigenvalue weighted by atomic mass is 10.1. The smallest absolute Gasteiger partial charge is 0.266 e. The first-order valence-corrected chi connectivity index (χ1v) is 13.2. The number of thioether (sulfide) groups is 1. The highest BCUT2D eigenvalue weighted by Crippen LogP contribution is 2.40. The van der Waals surface area contributed by atoms with Crippen LogP contribution in [0, 0.1) is 5.82 Å². The van der Waals surface area contributed by atoms with E-state index in [1.54, 1.807) is 37.3 Å². The van der Waals surface area contributed by atoms with E-state index in [-0.39, 0.29) is 18.3 Å². The van der Waals surface area contributed by atoms with Gasteiger partial charge in [0.2, 0.25) is 0 Å². The fraction of sp³-hybridized carbons (Fsp3) is 0.214. The molecule has 1 heterocycles. The molecule has 3 aromatic rings. The van der Waals surface area contributed by atoms with Crippen LogP contribution in [0.15, 0.2) is 81.1 Å². The van der Waals surface area contributed by atoms with Crippen molar-refractivity contribution >= 4 is 50.5 Å². The largest absolute Gasteiger partial charge is 0.493 e. The third-order valence-electron chi connectivity index (χ3n) is 5.42. The summed E-state index contributed by atoms with van der Waals surface area (Å²) in [5, 5.41) is 0.625. The molecule has 1 amide bonds. The zero-order valence-electron chi connectivity index (χ0n) is 20.4. The number of ether oxygens (including phenoxy) is 3. The summed E-state index contributed by atoms with van der Waals surface area (Å²) in [4.78, 5) is 20.3. The lowest BCUT2D eigenvalue weighted by Crippen LogP contribution is -2.30. The molecule has 1 aliphatic rings. The number of para-hydroxylation sites is 1. The van der Waals surface area contributed by atoms with E-state index in [1.165, 1.54) is 23.9 Å². The van der Waals surface area contributed by atoms with Crippen LogP contribution in [0.4, 0.5) is 10.1 Å². The summed E-state index contributed by atoms with van der Waals surface area (Å²) in [6.45, 7) is 1.23. The molecular formula is C28H26BrFN2O4S. The summed E-state index contributed by atoms with van der Waals surface area (Å²) in [6, 6.07) is 19.4. The van der Waals surface area contributed by atoms with Crippen molar-refractivity contribution in [3.63, 3.8) is 0 Å². The molecule has 4 rings (SSSR count). The zero-order valence-corrected chi connectivity index (χ0v) is 22.9. The van der Waals surface area contributed by atoms with Crippen molar-refractivity contribution in [2.24, 2.45) is 4.99 Å². The second kappa shape index (κ2) is 12.9. The van der Waals surface area contributed by atoms with Crippen molar-refractivity contribution in [3.05, 3.63) is 93.1 Å². The minimum Gasteiger partial charge on any atom is -0.493 e. The van der Waals surface area contributed by atoms with Crippen LogP contribution in [0.2, 0.25) is 0 Å². The summed E-state index contributed by atoms with van der Waals surface area (Å²) >= 11 is 4.88. The average molecular weight is 585 g/mol. The fourth-order valence-corrected chi connectivity index (χ4v) is 5.26. The monoisotopic (exact) mass is 584 g/mol. The van der Waals surface area contributed by atoms with Crippen LogP contribution in [-0.4, -0.2) is 43.3 Å². The van der Waals surface area contributed by atoms with Gasteiger partial charge < -0.3 is 14.2 Å². The SMILES string of the molecule is COCCCN1C(=O)/C(=C/c2cc(Br)c(OCc3cccc(F)c3)c(OC)c2)SC1=Nc1ccccc1. The molecule has 1 fully saturated rings. The van der Waals surface area contributed by atoms with Crippen molar-refractivity contribution in [3.8, 4) is 11.5 Å². The predicted molar refractivity (Wildman–Crippen MR) is 149 cm³/mol. The van der Waals surface area contributed by atoms with E-state index in [4.69, 9.17) is 19.2 Å². The van der Waals surface area contributed by atoms with Crippen LogP contribution in [0.25, 0.3) is 6.08 Å².